The van der Waals surface area contributed by atoms with Crippen LogP contribution >= 0.6 is 0 Å². The summed E-state index contributed by atoms with van der Waals surface area (Å²) in [5.41, 5.74) is 15.8. The Hall–Kier alpha value is -3.92. The molecule has 3 unspecified atom stereocenters. The lowest BCUT2D eigenvalue weighted by Crippen LogP contribution is -2.38. The molecule has 3 atom stereocenters. The van der Waals surface area contributed by atoms with Crippen LogP contribution in [0.4, 0.5) is 11.4 Å². The quantitative estimate of drug-likeness (QED) is 0.245. The number of nitrogen functional groups attached to an aromatic ring is 2. The molecule has 4 nitrogen and oxygen atoms in total. The van der Waals surface area contributed by atoms with Crippen LogP contribution in [0.3, 0.4) is 0 Å². The third kappa shape index (κ3) is 5.35. The zero-order valence-corrected chi connectivity index (χ0v) is 22.6. The van der Waals surface area contributed by atoms with Gasteiger partial charge in [0.1, 0.15) is 23.0 Å². The van der Waals surface area contributed by atoms with Crippen molar-refractivity contribution < 1.29 is 9.47 Å². The molecule has 0 spiro atoms. The van der Waals surface area contributed by atoms with Crippen molar-refractivity contribution in [3.05, 3.63) is 108 Å². The van der Waals surface area contributed by atoms with E-state index in [4.69, 9.17) is 20.9 Å². The van der Waals surface area contributed by atoms with E-state index in [0.29, 0.717) is 23.2 Å². The van der Waals surface area contributed by atoms with E-state index in [0.717, 1.165) is 35.8 Å². The van der Waals surface area contributed by atoms with E-state index < -0.39 is 0 Å². The van der Waals surface area contributed by atoms with Crippen LogP contribution in [0.5, 0.6) is 23.0 Å². The number of nitrogens with two attached hydrogens (primary N) is 2. The number of hydrogen-bond donors (Lipinski definition) is 2. The SMILES string of the molecule is CC(C)C1CCC(C)(c2ccccc2Oc2cccc(N)c2)C(c2ccccc2Oc2cccc(N)c2)C1. The van der Waals surface area contributed by atoms with Crippen LogP contribution in [-0.2, 0) is 5.41 Å². The average molecular weight is 507 g/mol. The maximum absolute atomic E-state index is 6.48. The Kier molecular flexibility index (Phi) is 7.33. The van der Waals surface area contributed by atoms with Gasteiger partial charge in [-0.05, 0) is 79.0 Å². The van der Waals surface area contributed by atoms with Crippen molar-refractivity contribution in [1.29, 1.82) is 0 Å². The Labute approximate surface area is 226 Å². The van der Waals surface area contributed by atoms with Crippen molar-refractivity contribution in [1.82, 2.24) is 0 Å². The fourth-order valence-electron chi connectivity index (χ4n) is 6.04. The van der Waals surface area contributed by atoms with Crippen LogP contribution in [0.2, 0.25) is 0 Å². The summed E-state index contributed by atoms with van der Waals surface area (Å²) < 4.78 is 13.0. The molecule has 0 radical (unpaired) electrons. The van der Waals surface area contributed by atoms with Crippen LogP contribution in [0.25, 0.3) is 0 Å². The summed E-state index contributed by atoms with van der Waals surface area (Å²) >= 11 is 0. The lowest BCUT2D eigenvalue weighted by molar-refractivity contribution is 0.169. The molecule has 196 valence electrons. The minimum atomic E-state index is -0.155. The fourth-order valence-corrected chi connectivity index (χ4v) is 6.04. The molecule has 0 bridgehead atoms. The molecule has 0 heterocycles. The lowest BCUT2D eigenvalue weighted by Gasteiger charge is -2.47. The topological polar surface area (TPSA) is 70.5 Å². The summed E-state index contributed by atoms with van der Waals surface area (Å²) in [6, 6.07) is 32.2. The van der Waals surface area contributed by atoms with E-state index in [9.17, 15) is 0 Å². The summed E-state index contributed by atoms with van der Waals surface area (Å²) in [6.07, 6.45) is 3.32. The predicted octanol–water partition coefficient (Wildman–Crippen LogP) is 8.93. The highest BCUT2D eigenvalue weighted by Crippen LogP contribution is 2.56. The molecule has 1 aliphatic carbocycles. The number of benzene rings is 4. The Morgan fingerprint density at radius 3 is 1.95 bits per heavy atom. The molecule has 1 saturated carbocycles. The van der Waals surface area contributed by atoms with Crippen molar-refractivity contribution in [3.63, 3.8) is 0 Å². The summed E-state index contributed by atoms with van der Waals surface area (Å²) in [5, 5.41) is 0. The van der Waals surface area contributed by atoms with Gasteiger partial charge in [-0.3, -0.25) is 0 Å². The van der Waals surface area contributed by atoms with Crippen LogP contribution in [0.1, 0.15) is 57.1 Å². The molecule has 4 heteroatoms. The van der Waals surface area contributed by atoms with E-state index >= 15 is 0 Å². The largest absolute Gasteiger partial charge is 0.457 e. The van der Waals surface area contributed by atoms with Gasteiger partial charge in [0, 0.05) is 34.5 Å². The zero-order valence-electron chi connectivity index (χ0n) is 22.6. The van der Waals surface area contributed by atoms with E-state index in [2.05, 4.69) is 57.2 Å². The van der Waals surface area contributed by atoms with Crippen LogP contribution < -0.4 is 20.9 Å². The van der Waals surface area contributed by atoms with Crippen molar-refractivity contribution in [2.75, 3.05) is 11.5 Å². The normalized spacial score (nSPS) is 21.3. The number of anilines is 2. The molecule has 4 aromatic carbocycles. The van der Waals surface area contributed by atoms with Crippen molar-refractivity contribution in [3.8, 4) is 23.0 Å². The molecule has 0 amide bonds. The number of hydrogen-bond acceptors (Lipinski definition) is 4. The molecule has 1 aliphatic rings. The van der Waals surface area contributed by atoms with E-state index in [1.807, 2.05) is 60.7 Å². The van der Waals surface area contributed by atoms with Gasteiger partial charge in [-0.15, -0.1) is 0 Å². The Balaban J connectivity index is 1.58. The Morgan fingerprint density at radius 1 is 0.737 bits per heavy atom. The molecule has 1 fully saturated rings. The molecular weight excluding hydrogens is 468 g/mol. The van der Waals surface area contributed by atoms with E-state index in [1.165, 1.54) is 17.5 Å². The van der Waals surface area contributed by atoms with Crippen LogP contribution in [0.15, 0.2) is 97.1 Å². The maximum atomic E-state index is 6.48. The summed E-state index contributed by atoms with van der Waals surface area (Å²) in [6.45, 7) is 7.08. The third-order valence-corrected chi connectivity index (χ3v) is 8.25. The first kappa shape index (κ1) is 25.7. The first-order valence-electron chi connectivity index (χ1n) is 13.6. The smallest absolute Gasteiger partial charge is 0.131 e. The van der Waals surface area contributed by atoms with Gasteiger partial charge < -0.3 is 20.9 Å². The van der Waals surface area contributed by atoms with Gasteiger partial charge in [0.2, 0.25) is 0 Å². The summed E-state index contributed by atoms with van der Waals surface area (Å²) in [5.74, 6) is 4.75. The molecule has 0 aliphatic heterocycles. The molecule has 0 saturated heterocycles. The standard InChI is InChI=1S/C34H38N2O2/c1-23(2)24-18-19-34(3,30-15-5-7-17-33(30)38-28-13-9-11-26(36)22-28)31(20-24)29-14-4-6-16-32(29)37-27-12-8-10-25(35)21-27/h4-17,21-24,31H,18-20,35-36H2,1-3H3. The van der Waals surface area contributed by atoms with Gasteiger partial charge in [0.25, 0.3) is 0 Å². The number of rotatable bonds is 7. The highest BCUT2D eigenvalue weighted by Gasteiger charge is 2.45. The van der Waals surface area contributed by atoms with Crippen molar-refractivity contribution >= 4 is 11.4 Å². The Bertz CT molecular complexity index is 1400. The first-order chi connectivity index (χ1) is 18.3. The van der Waals surface area contributed by atoms with Gasteiger partial charge in [0.05, 0.1) is 0 Å². The van der Waals surface area contributed by atoms with Crippen molar-refractivity contribution in [2.24, 2.45) is 11.8 Å². The molecule has 4 N–H and O–H groups in total. The minimum absolute atomic E-state index is 0.155. The van der Waals surface area contributed by atoms with Crippen LogP contribution in [-0.4, -0.2) is 0 Å². The predicted molar refractivity (Wildman–Crippen MR) is 157 cm³/mol. The highest BCUT2D eigenvalue weighted by atomic mass is 16.5. The number of para-hydroxylation sites is 2. The highest BCUT2D eigenvalue weighted by molar-refractivity contribution is 5.51. The van der Waals surface area contributed by atoms with Gasteiger partial charge in [-0.2, -0.15) is 0 Å². The van der Waals surface area contributed by atoms with Crippen LogP contribution in [0, 0.1) is 11.8 Å². The number of ether oxygens (including phenoxy) is 2. The van der Waals surface area contributed by atoms with Crippen molar-refractivity contribution in [2.45, 2.75) is 51.4 Å². The summed E-state index contributed by atoms with van der Waals surface area (Å²) in [7, 11) is 0. The van der Waals surface area contributed by atoms with E-state index in [-0.39, 0.29) is 11.3 Å². The summed E-state index contributed by atoms with van der Waals surface area (Å²) in [4.78, 5) is 0. The molecular formula is C34H38N2O2. The molecule has 5 rings (SSSR count). The van der Waals surface area contributed by atoms with Gasteiger partial charge in [-0.25, -0.2) is 0 Å². The fraction of sp³-hybridized carbons (Fsp3) is 0.294. The van der Waals surface area contributed by atoms with Gasteiger partial charge in [-0.1, -0.05) is 69.3 Å². The molecule has 38 heavy (non-hydrogen) atoms. The second-order valence-electron chi connectivity index (χ2n) is 11.1. The monoisotopic (exact) mass is 506 g/mol. The average Bonchev–Trinajstić information content (AvgIpc) is 2.90. The molecule has 0 aromatic heterocycles. The Morgan fingerprint density at radius 2 is 1.32 bits per heavy atom. The maximum Gasteiger partial charge on any atom is 0.131 e. The molecule has 4 aromatic rings. The second-order valence-corrected chi connectivity index (χ2v) is 11.1. The second kappa shape index (κ2) is 10.8. The first-order valence-corrected chi connectivity index (χ1v) is 13.6. The van der Waals surface area contributed by atoms with Gasteiger partial charge >= 0.3 is 0 Å². The van der Waals surface area contributed by atoms with Gasteiger partial charge in [0.15, 0.2) is 0 Å². The third-order valence-electron chi connectivity index (χ3n) is 8.25. The lowest BCUT2D eigenvalue weighted by atomic mass is 9.57. The zero-order chi connectivity index (χ0) is 26.7. The minimum Gasteiger partial charge on any atom is -0.457 e. The van der Waals surface area contributed by atoms with E-state index in [1.54, 1.807) is 0 Å².